The van der Waals surface area contributed by atoms with E-state index in [-0.39, 0.29) is 27.6 Å². The number of nitrogens with zero attached hydrogens (tertiary/aromatic N) is 1. The Morgan fingerprint density at radius 1 is 1.00 bits per heavy atom. The van der Waals surface area contributed by atoms with E-state index in [1.165, 1.54) is 31.4 Å². The molecule has 3 aromatic rings. The van der Waals surface area contributed by atoms with Crippen LogP contribution in [-0.2, 0) is 24.1 Å². The third kappa shape index (κ3) is 4.40. The zero-order chi connectivity index (χ0) is 25.3. The summed E-state index contributed by atoms with van der Waals surface area (Å²) in [6, 6.07) is 16.9. The molecule has 0 aliphatic carbocycles. The lowest BCUT2D eigenvalue weighted by Crippen LogP contribution is -2.40. The zero-order valence-corrected chi connectivity index (χ0v) is 20.5. The van der Waals surface area contributed by atoms with Crippen LogP contribution >= 0.6 is 0 Å². The van der Waals surface area contributed by atoms with Crippen LogP contribution in [0.15, 0.2) is 70.5 Å². The molecule has 0 radical (unpaired) electrons. The first kappa shape index (κ1) is 24.4. The van der Waals surface area contributed by atoms with Gasteiger partial charge in [-0.25, -0.2) is 19.1 Å². The fourth-order valence-corrected chi connectivity index (χ4v) is 5.93. The Kier molecular flexibility index (Phi) is 6.64. The fourth-order valence-electron chi connectivity index (χ4n) is 4.41. The highest BCUT2D eigenvalue weighted by molar-refractivity contribution is 7.91. The Morgan fingerprint density at radius 2 is 1.71 bits per heavy atom. The number of rotatable bonds is 5. The number of esters is 2. The van der Waals surface area contributed by atoms with Gasteiger partial charge in [-0.15, -0.1) is 0 Å². The van der Waals surface area contributed by atoms with Gasteiger partial charge in [0, 0.05) is 12.1 Å². The molecule has 0 aromatic heterocycles. The van der Waals surface area contributed by atoms with Crippen LogP contribution in [0.3, 0.4) is 0 Å². The number of hydrogen-bond acceptors (Lipinski definition) is 8. The number of benzene rings is 3. The first-order valence-corrected chi connectivity index (χ1v) is 12.4. The minimum atomic E-state index is -4.12. The van der Waals surface area contributed by atoms with Gasteiger partial charge in [0.05, 0.1) is 41.2 Å². The molecule has 0 fully saturated rings. The third-order valence-corrected chi connectivity index (χ3v) is 7.94. The highest BCUT2D eigenvalue weighted by Crippen LogP contribution is 2.41. The van der Waals surface area contributed by atoms with Gasteiger partial charge in [0.2, 0.25) is 9.84 Å². The Balaban J connectivity index is 1.99. The average Bonchev–Trinajstić information content (AvgIpc) is 2.87. The van der Waals surface area contributed by atoms with Crippen molar-refractivity contribution >= 4 is 27.5 Å². The van der Waals surface area contributed by atoms with E-state index in [4.69, 9.17) is 15.3 Å². The van der Waals surface area contributed by atoms with Crippen molar-refractivity contribution in [1.29, 1.82) is 0 Å². The largest absolute Gasteiger partial charge is 0.469 e. The Labute approximate surface area is 204 Å². The second-order valence-electron chi connectivity index (χ2n) is 8.33. The minimum absolute atomic E-state index is 0.0342. The molecule has 0 amide bonds. The summed E-state index contributed by atoms with van der Waals surface area (Å²) < 4.78 is 37.9. The van der Waals surface area contributed by atoms with Crippen LogP contribution < -0.4 is 10.9 Å². The molecule has 1 heterocycles. The third-order valence-electron chi connectivity index (χ3n) is 6.14. The van der Waals surface area contributed by atoms with Crippen molar-refractivity contribution in [2.24, 2.45) is 5.84 Å². The molecule has 1 aliphatic heterocycles. The fraction of sp³-hybridized carbons (Fsp3) is 0.231. The predicted octanol–water partition coefficient (Wildman–Crippen LogP) is 3.62. The van der Waals surface area contributed by atoms with Crippen molar-refractivity contribution in [3.05, 3.63) is 77.4 Å². The smallest absolute Gasteiger partial charge is 0.340 e. The molecule has 182 valence electrons. The Bertz CT molecular complexity index is 1400. The lowest BCUT2D eigenvalue weighted by molar-refractivity contribution is -0.142. The number of carbonyl (C=O) groups is 2. The summed E-state index contributed by atoms with van der Waals surface area (Å²) in [6.07, 6.45) is 0.306. The molecule has 8 nitrogen and oxygen atoms in total. The molecule has 9 heteroatoms. The summed E-state index contributed by atoms with van der Waals surface area (Å²) in [5.41, 5.74) is 2.69. The molecule has 1 aliphatic rings. The molecule has 1 atom stereocenters. The summed E-state index contributed by atoms with van der Waals surface area (Å²) >= 11 is 0. The van der Waals surface area contributed by atoms with Crippen molar-refractivity contribution in [3.8, 4) is 11.1 Å². The highest BCUT2D eigenvalue weighted by atomic mass is 32.2. The van der Waals surface area contributed by atoms with E-state index in [1.54, 1.807) is 18.2 Å². The monoisotopic (exact) mass is 494 g/mol. The summed E-state index contributed by atoms with van der Waals surface area (Å²) in [7, 11) is -1.66. The van der Waals surface area contributed by atoms with Gasteiger partial charge >= 0.3 is 11.9 Å². The number of hydrazine groups is 1. The number of aryl methyl sites for hydroxylation is 1. The maximum Gasteiger partial charge on any atom is 0.340 e. The van der Waals surface area contributed by atoms with Gasteiger partial charge in [-0.1, -0.05) is 48.0 Å². The number of sulfone groups is 1. The summed E-state index contributed by atoms with van der Waals surface area (Å²) in [5, 5.41) is 1.33. The zero-order valence-electron chi connectivity index (χ0n) is 19.6. The summed E-state index contributed by atoms with van der Waals surface area (Å²) in [4.78, 5) is 25.2. The lowest BCUT2D eigenvalue weighted by Gasteiger charge is -2.33. The van der Waals surface area contributed by atoms with Crippen LogP contribution in [0, 0.1) is 6.92 Å². The number of methoxy groups -OCH3 is 2. The molecule has 0 saturated carbocycles. The van der Waals surface area contributed by atoms with E-state index < -0.39 is 27.7 Å². The molecular weight excluding hydrogens is 468 g/mol. The number of hydrogen-bond donors (Lipinski definition) is 1. The van der Waals surface area contributed by atoms with Crippen LogP contribution in [0.2, 0.25) is 0 Å². The molecule has 4 rings (SSSR count). The molecule has 2 N–H and O–H groups in total. The number of fused-ring (bicyclic) bond motifs is 1. The maximum atomic E-state index is 14.0. The van der Waals surface area contributed by atoms with E-state index in [1.807, 2.05) is 37.3 Å². The Hall–Kier alpha value is -3.69. The maximum absolute atomic E-state index is 14.0. The molecular formula is C26H26N2O6S. The lowest BCUT2D eigenvalue weighted by atomic mass is 9.88. The molecule has 0 spiro atoms. The van der Waals surface area contributed by atoms with Crippen LogP contribution in [0.1, 0.15) is 33.8 Å². The number of anilines is 1. The first-order chi connectivity index (χ1) is 16.7. The van der Waals surface area contributed by atoms with Gasteiger partial charge in [0.25, 0.3) is 0 Å². The summed E-state index contributed by atoms with van der Waals surface area (Å²) in [6.45, 7) is 2.16. The van der Waals surface area contributed by atoms with E-state index in [9.17, 15) is 18.0 Å². The summed E-state index contributed by atoms with van der Waals surface area (Å²) in [5.74, 6) is 4.08. The van der Waals surface area contributed by atoms with Crippen LogP contribution in [0.25, 0.3) is 11.1 Å². The normalized spacial score (nSPS) is 15.3. The van der Waals surface area contributed by atoms with E-state index in [0.29, 0.717) is 17.5 Å². The topological polar surface area (TPSA) is 116 Å². The SMILES string of the molecule is COC(=O)c1cc(S(=O)(=O)c2ccc(C)cc2-c2ccccc2)cc2c1N(N)CCC2C(=O)OC. The molecule has 35 heavy (non-hydrogen) atoms. The van der Waals surface area contributed by atoms with Crippen molar-refractivity contribution < 1.29 is 27.5 Å². The number of ether oxygens (including phenoxy) is 2. The quantitative estimate of drug-likeness (QED) is 0.422. The predicted molar refractivity (Wildman–Crippen MR) is 131 cm³/mol. The van der Waals surface area contributed by atoms with Crippen molar-refractivity contribution in [3.63, 3.8) is 0 Å². The van der Waals surface area contributed by atoms with E-state index in [2.05, 4.69) is 0 Å². The molecule has 0 saturated heterocycles. The van der Waals surface area contributed by atoms with Gasteiger partial charge in [-0.2, -0.15) is 0 Å². The van der Waals surface area contributed by atoms with Gasteiger partial charge < -0.3 is 14.5 Å². The number of carbonyl (C=O) groups excluding carboxylic acids is 2. The molecule has 0 bridgehead atoms. The van der Waals surface area contributed by atoms with Crippen molar-refractivity contribution in [2.75, 3.05) is 25.8 Å². The second kappa shape index (κ2) is 9.52. The molecule has 3 aromatic carbocycles. The van der Waals surface area contributed by atoms with Gasteiger partial charge in [-0.3, -0.25) is 4.79 Å². The standard InChI is InChI=1S/C26H26N2O6S/c1-16-9-10-23(20(13-16)17-7-5-4-6-8-17)35(31,32)18-14-21-19(25(29)33-2)11-12-28(27)24(21)22(15-18)26(30)34-3/h4-10,13-15,19H,11-12,27H2,1-3H3. The van der Waals surface area contributed by atoms with Crippen LogP contribution in [0.5, 0.6) is 0 Å². The second-order valence-corrected chi connectivity index (χ2v) is 10.2. The van der Waals surface area contributed by atoms with Gasteiger partial charge in [0.1, 0.15) is 0 Å². The van der Waals surface area contributed by atoms with Crippen LogP contribution in [0.4, 0.5) is 5.69 Å². The van der Waals surface area contributed by atoms with Crippen LogP contribution in [-0.4, -0.2) is 41.1 Å². The first-order valence-electron chi connectivity index (χ1n) is 11.0. The van der Waals surface area contributed by atoms with Gasteiger partial charge in [0.15, 0.2) is 0 Å². The van der Waals surface area contributed by atoms with E-state index in [0.717, 1.165) is 11.1 Å². The number of nitrogens with two attached hydrogens (primary N) is 1. The minimum Gasteiger partial charge on any atom is -0.469 e. The van der Waals surface area contributed by atoms with Crippen molar-refractivity contribution in [2.45, 2.75) is 29.1 Å². The average molecular weight is 495 g/mol. The van der Waals surface area contributed by atoms with Gasteiger partial charge in [-0.05, 0) is 42.7 Å². The molecule has 1 unspecified atom stereocenters. The Morgan fingerprint density at radius 3 is 2.37 bits per heavy atom. The highest BCUT2D eigenvalue weighted by Gasteiger charge is 2.36. The van der Waals surface area contributed by atoms with Crippen molar-refractivity contribution in [1.82, 2.24) is 0 Å². The van der Waals surface area contributed by atoms with E-state index >= 15 is 0 Å².